The molecule has 0 spiro atoms. The van der Waals surface area contributed by atoms with Gasteiger partial charge in [-0.1, -0.05) is 0 Å². The van der Waals surface area contributed by atoms with E-state index in [9.17, 15) is 9.59 Å². The highest BCUT2D eigenvalue weighted by Gasteiger charge is 2.30. The molecule has 22 heavy (non-hydrogen) atoms. The zero-order valence-corrected chi connectivity index (χ0v) is 16.0. The summed E-state index contributed by atoms with van der Waals surface area (Å²) < 4.78 is 5.11. The number of nitrogens with one attached hydrogen (secondary N) is 1. The highest BCUT2D eigenvalue weighted by atomic mass is 32.1. The van der Waals surface area contributed by atoms with Gasteiger partial charge >= 0.3 is 0 Å². The van der Waals surface area contributed by atoms with E-state index in [1.54, 1.807) is 0 Å². The fourth-order valence-electron chi connectivity index (χ4n) is 2.43. The molecule has 0 unspecified atom stereocenters. The van der Waals surface area contributed by atoms with Crippen molar-refractivity contribution in [1.82, 2.24) is 5.32 Å². The van der Waals surface area contributed by atoms with Crippen molar-refractivity contribution in [2.45, 2.75) is 51.0 Å². The lowest BCUT2D eigenvalue weighted by atomic mass is 9.84. The lowest BCUT2D eigenvalue weighted by Gasteiger charge is -2.35. The summed E-state index contributed by atoms with van der Waals surface area (Å²) in [5, 5.41) is 3.13. The number of rotatable bonds is 14. The van der Waals surface area contributed by atoms with Crippen molar-refractivity contribution in [3.05, 3.63) is 0 Å². The van der Waals surface area contributed by atoms with Crippen molar-refractivity contribution in [3.63, 3.8) is 0 Å². The Kier molecular flexibility index (Phi) is 13.7. The first-order valence-electron chi connectivity index (χ1n) is 7.70. The van der Waals surface area contributed by atoms with Gasteiger partial charge in [0.05, 0.1) is 0 Å². The predicted molar refractivity (Wildman–Crippen MR) is 102 cm³/mol. The van der Waals surface area contributed by atoms with Gasteiger partial charge in [-0.05, 0) is 62.7 Å². The summed E-state index contributed by atoms with van der Waals surface area (Å²) in [6, 6.07) is 0. The summed E-state index contributed by atoms with van der Waals surface area (Å²) in [5.74, 6) is 2.12. The minimum atomic E-state index is -0.245. The molecule has 0 saturated heterocycles. The van der Waals surface area contributed by atoms with E-state index in [0.717, 1.165) is 55.8 Å². The van der Waals surface area contributed by atoms with Crippen LogP contribution >= 0.6 is 37.9 Å². The monoisotopic (exact) mass is 367 g/mol. The minimum Gasteiger partial charge on any atom is -0.364 e. The first-order valence-corrected chi connectivity index (χ1v) is 9.60. The van der Waals surface area contributed by atoms with Crippen molar-refractivity contribution in [2.24, 2.45) is 0 Å². The van der Waals surface area contributed by atoms with Gasteiger partial charge in [-0.25, -0.2) is 0 Å². The maximum Gasteiger partial charge on any atom is 0.246 e. The van der Waals surface area contributed by atoms with Crippen LogP contribution < -0.4 is 5.32 Å². The third kappa shape index (κ3) is 10.8. The number of carbonyl (C=O) groups excluding carboxylic acids is 2. The van der Waals surface area contributed by atoms with Gasteiger partial charge in [0.2, 0.25) is 5.91 Å². The van der Waals surface area contributed by atoms with E-state index in [-0.39, 0.29) is 30.4 Å². The molecule has 0 fully saturated rings. The Bertz CT molecular complexity index is 305. The van der Waals surface area contributed by atoms with Gasteiger partial charge in [-0.3, -0.25) is 9.59 Å². The summed E-state index contributed by atoms with van der Waals surface area (Å²) in [4.78, 5) is 23.0. The molecule has 130 valence electrons. The van der Waals surface area contributed by atoms with Crippen molar-refractivity contribution < 1.29 is 14.3 Å². The van der Waals surface area contributed by atoms with Gasteiger partial charge in [-0.15, -0.1) is 0 Å². The molecule has 0 saturated carbocycles. The smallest absolute Gasteiger partial charge is 0.246 e. The van der Waals surface area contributed by atoms with Gasteiger partial charge in [0.25, 0.3) is 0 Å². The molecule has 1 amide bonds. The molecule has 0 atom stereocenters. The molecule has 0 aliphatic carbocycles. The Morgan fingerprint density at radius 3 is 1.73 bits per heavy atom. The molecule has 0 aliphatic heterocycles. The van der Waals surface area contributed by atoms with E-state index < -0.39 is 0 Å². The first-order chi connectivity index (χ1) is 10.5. The SMILES string of the molecule is CC(=O)COCC(=O)NC(CCCS)(CCCS)CCCS. The quantitative estimate of drug-likeness (QED) is 0.357. The summed E-state index contributed by atoms with van der Waals surface area (Å²) in [5.41, 5.74) is -0.245. The van der Waals surface area contributed by atoms with Crippen molar-refractivity contribution in [1.29, 1.82) is 0 Å². The fourth-order valence-corrected chi connectivity index (χ4v) is 2.91. The number of hydrogen-bond donors (Lipinski definition) is 4. The Labute approximate surface area is 150 Å². The number of amides is 1. The minimum absolute atomic E-state index is 0.0235. The zero-order valence-electron chi connectivity index (χ0n) is 13.3. The molecule has 1 N–H and O–H groups in total. The fraction of sp³-hybridized carbons (Fsp3) is 0.867. The number of ether oxygens (including phenoxy) is 1. The lowest BCUT2D eigenvalue weighted by molar-refractivity contribution is -0.130. The second-order valence-electron chi connectivity index (χ2n) is 5.50. The summed E-state index contributed by atoms with van der Waals surface area (Å²) in [6.07, 6.45) is 5.48. The number of hydrogen-bond acceptors (Lipinski definition) is 6. The van der Waals surface area contributed by atoms with Crippen LogP contribution in [0.2, 0.25) is 0 Å². The van der Waals surface area contributed by atoms with Gasteiger partial charge in [-0.2, -0.15) is 37.9 Å². The van der Waals surface area contributed by atoms with Crippen LogP contribution in [0.1, 0.15) is 45.4 Å². The number of Topliss-reactive ketones (excluding diaryl/α,β-unsaturated/α-hetero) is 1. The van der Waals surface area contributed by atoms with E-state index in [2.05, 4.69) is 43.2 Å². The van der Waals surface area contributed by atoms with Gasteiger partial charge in [0, 0.05) is 5.54 Å². The molecule has 0 aromatic carbocycles. The predicted octanol–water partition coefficient (Wildman–Crippen LogP) is 2.58. The normalized spacial score (nSPS) is 11.5. The lowest BCUT2D eigenvalue weighted by Crippen LogP contribution is -2.50. The van der Waals surface area contributed by atoms with Crippen LogP contribution in [0.3, 0.4) is 0 Å². The number of thiol groups is 3. The standard InChI is InChI=1S/C15H29NO3S3/c1-13(17)11-19-12-14(18)16-15(5-2-8-20,6-3-9-21)7-4-10-22/h20-22H,2-12H2,1H3,(H,16,18). The van der Waals surface area contributed by atoms with Gasteiger partial charge in [0.15, 0.2) is 5.78 Å². The molecular formula is C15H29NO3S3. The van der Waals surface area contributed by atoms with Gasteiger partial charge in [0.1, 0.15) is 13.2 Å². The molecule has 0 radical (unpaired) electrons. The molecule has 7 heteroatoms. The van der Waals surface area contributed by atoms with Crippen LogP contribution in [0, 0.1) is 0 Å². The molecule has 0 rings (SSSR count). The average Bonchev–Trinajstić information content (AvgIpc) is 2.48. The van der Waals surface area contributed by atoms with E-state index in [1.807, 2.05) is 0 Å². The van der Waals surface area contributed by atoms with Crippen molar-refractivity contribution in [2.75, 3.05) is 30.5 Å². The van der Waals surface area contributed by atoms with Crippen molar-refractivity contribution in [3.8, 4) is 0 Å². The molecule has 0 bridgehead atoms. The zero-order chi connectivity index (χ0) is 16.8. The maximum absolute atomic E-state index is 12.1. The Morgan fingerprint density at radius 1 is 0.909 bits per heavy atom. The topological polar surface area (TPSA) is 55.4 Å². The summed E-state index contributed by atoms with van der Waals surface area (Å²) in [7, 11) is 0. The first kappa shape index (κ1) is 22.1. The molecular weight excluding hydrogens is 338 g/mol. The third-order valence-corrected chi connectivity index (χ3v) is 4.33. The van der Waals surface area contributed by atoms with Crippen LogP contribution in [0.4, 0.5) is 0 Å². The highest BCUT2D eigenvalue weighted by Crippen LogP contribution is 2.26. The van der Waals surface area contributed by atoms with E-state index in [0.29, 0.717) is 0 Å². The molecule has 0 aromatic heterocycles. The molecule has 0 aliphatic rings. The van der Waals surface area contributed by atoms with Gasteiger partial charge < -0.3 is 10.1 Å². The van der Waals surface area contributed by atoms with Crippen LogP contribution in [0.5, 0.6) is 0 Å². The molecule has 4 nitrogen and oxygen atoms in total. The van der Waals surface area contributed by atoms with Crippen LogP contribution in [-0.4, -0.2) is 47.7 Å². The number of carbonyl (C=O) groups is 2. The molecule has 0 heterocycles. The van der Waals surface area contributed by atoms with Crippen LogP contribution in [-0.2, 0) is 14.3 Å². The second-order valence-corrected chi connectivity index (χ2v) is 6.85. The highest BCUT2D eigenvalue weighted by molar-refractivity contribution is 7.80. The Morgan fingerprint density at radius 2 is 1.36 bits per heavy atom. The van der Waals surface area contributed by atoms with E-state index in [4.69, 9.17) is 4.74 Å². The van der Waals surface area contributed by atoms with Crippen molar-refractivity contribution >= 4 is 49.6 Å². The second kappa shape index (κ2) is 13.6. The average molecular weight is 368 g/mol. The van der Waals surface area contributed by atoms with Crippen LogP contribution in [0.15, 0.2) is 0 Å². The van der Waals surface area contributed by atoms with Crippen LogP contribution in [0.25, 0.3) is 0 Å². The largest absolute Gasteiger partial charge is 0.364 e. The van der Waals surface area contributed by atoms with E-state index in [1.165, 1.54) is 6.92 Å². The molecule has 0 aromatic rings. The van der Waals surface area contributed by atoms with E-state index >= 15 is 0 Å². The summed E-state index contributed by atoms with van der Waals surface area (Å²) in [6.45, 7) is 1.34. The Hall–Kier alpha value is 0.150. The Balaban J connectivity index is 4.68. The number of ketones is 1. The third-order valence-electron chi connectivity index (χ3n) is 3.38. The maximum atomic E-state index is 12.1. The summed E-state index contributed by atoms with van der Waals surface area (Å²) >= 11 is 12.8.